The molecule has 174 valence electrons. The molecule has 0 aliphatic heterocycles. The van der Waals surface area contributed by atoms with Gasteiger partial charge in [0.1, 0.15) is 41.8 Å². The lowest BCUT2D eigenvalue weighted by Crippen LogP contribution is -2.12. The number of para-hydroxylation sites is 1. The monoisotopic (exact) mass is 465 g/mol. The number of fused-ring (bicyclic) bond motifs is 1. The Morgan fingerprint density at radius 2 is 1.65 bits per heavy atom. The Balaban J connectivity index is 1.42. The van der Waals surface area contributed by atoms with Crippen molar-refractivity contribution in [2.45, 2.75) is 20.1 Å². The molecule has 6 nitrogen and oxygen atoms in total. The number of halogens is 2. The van der Waals surface area contributed by atoms with E-state index in [0.29, 0.717) is 33.9 Å². The summed E-state index contributed by atoms with van der Waals surface area (Å²) in [6.07, 6.45) is 0. The Kier molecular flexibility index (Phi) is 6.87. The van der Waals surface area contributed by atoms with E-state index in [1.165, 1.54) is 6.07 Å². The predicted octanol–water partition coefficient (Wildman–Crippen LogP) is 5.44. The van der Waals surface area contributed by atoms with Crippen LogP contribution in [0, 0.1) is 18.6 Å². The Morgan fingerprint density at radius 3 is 2.41 bits per heavy atom. The molecule has 4 aromatic rings. The van der Waals surface area contributed by atoms with E-state index < -0.39 is 24.2 Å². The van der Waals surface area contributed by atoms with E-state index in [0.717, 1.165) is 11.6 Å². The molecule has 0 saturated carbocycles. The number of carboxylic acids is 1. The third-order valence-corrected chi connectivity index (χ3v) is 4.99. The zero-order chi connectivity index (χ0) is 24.1. The lowest BCUT2D eigenvalue weighted by molar-refractivity contribution is -0.139. The lowest BCUT2D eigenvalue weighted by atomic mass is 10.1. The van der Waals surface area contributed by atoms with Crippen molar-refractivity contribution < 1.29 is 32.9 Å². The first-order valence-corrected chi connectivity index (χ1v) is 10.4. The molecule has 0 aliphatic rings. The van der Waals surface area contributed by atoms with E-state index >= 15 is 0 Å². The van der Waals surface area contributed by atoms with Crippen LogP contribution in [0.15, 0.2) is 66.7 Å². The van der Waals surface area contributed by atoms with Gasteiger partial charge in [-0.15, -0.1) is 0 Å². The van der Waals surface area contributed by atoms with Gasteiger partial charge in [-0.25, -0.2) is 18.6 Å². The number of aryl methyl sites for hydroxylation is 1. The van der Waals surface area contributed by atoms with Crippen LogP contribution >= 0.6 is 0 Å². The molecule has 0 fully saturated rings. The minimum atomic E-state index is -1.06. The highest BCUT2D eigenvalue weighted by atomic mass is 19.1. The number of pyridine rings is 1. The fraction of sp³-hybridized carbons (Fsp3) is 0.154. The molecule has 3 aromatic carbocycles. The van der Waals surface area contributed by atoms with Crippen molar-refractivity contribution in [1.82, 2.24) is 4.98 Å². The van der Waals surface area contributed by atoms with Gasteiger partial charge in [0.25, 0.3) is 0 Å². The number of benzene rings is 3. The molecule has 34 heavy (non-hydrogen) atoms. The summed E-state index contributed by atoms with van der Waals surface area (Å²) < 4.78 is 44.4. The van der Waals surface area contributed by atoms with Crippen molar-refractivity contribution in [3.63, 3.8) is 0 Å². The maximum Gasteiger partial charge on any atom is 0.341 e. The first-order valence-electron chi connectivity index (χ1n) is 10.4. The third kappa shape index (κ3) is 5.58. The number of aliphatic carboxylic acids is 1. The zero-order valence-electron chi connectivity index (χ0n) is 18.3. The number of hydrogen-bond acceptors (Lipinski definition) is 5. The summed E-state index contributed by atoms with van der Waals surface area (Å²) in [5.41, 5.74) is 2.09. The molecule has 0 bridgehead atoms. The van der Waals surface area contributed by atoms with Crippen LogP contribution < -0.4 is 14.2 Å². The average molecular weight is 465 g/mol. The molecule has 1 N–H and O–H groups in total. The van der Waals surface area contributed by atoms with Crippen molar-refractivity contribution in [2.75, 3.05) is 6.61 Å². The van der Waals surface area contributed by atoms with E-state index in [1.807, 2.05) is 19.1 Å². The molecule has 1 heterocycles. The van der Waals surface area contributed by atoms with Crippen LogP contribution in [0.5, 0.6) is 17.2 Å². The molecule has 0 saturated heterocycles. The molecule has 0 radical (unpaired) electrons. The van der Waals surface area contributed by atoms with Crippen LogP contribution in [0.3, 0.4) is 0 Å². The van der Waals surface area contributed by atoms with E-state index in [-0.39, 0.29) is 18.7 Å². The first kappa shape index (κ1) is 23.0. The molecule has 8 heteroatoms. The number of carboxylic acid groups (broad SMARTS) is 1. The Hall–Kier alpha value is -4.20. The fourth-order valence-electron chi connectivity index (χ4n) is 3.42. The van der Waals surface area contributed by atoms with E-state index in [4.69, 9.17) is 19.3 Å². The number of aromatic nitrogens is 1. The number of hydrogen-bond donors (Lipinski definition) is 1. The summed E-state index contributed by atoms with van der Waals surface area (Å²) >= 11 is 0. The minimum Gasteiger partial charge on any atom is -0.489 e. The van der Waals surface area contributed by atoms with E-state index in [9.17, 15) is 13.6 Å². The summed E-state index contributed by atoms with van der Waals surface area (Å²) in [6.45, 7) is 1.64. The number of rotatable bonds is 9. The Morgan fingerprint density at radius 1 is 0.912 bits per heavy atom. The summed E-state index contributed by atoms with van der Waals surface area (Å²) in [6, 6.07) is 17.7. The predicted molar refractivity (Wildman–Crippen MR) is 121 cm³/mol. The molecule has 0 amide bonds. The lowest BCUT2D eigenvalue weighted by Gasteiger charge is -2.14. The topological polar surface area (TPSA) is 77.9 Å². The molecular formula is C26H21F2NO5. The number of carbonyl (C=O) groups is 1. The second-order valence-corrected chi connectivity index (χ2v) is 7.56. The summed E-state index contributed by atoms with van der Waals surface area (Å²) in [7, 11) is 0. The number of ether oxygens (including phenoxy) is 3. The van der Waals surface area contributed by atoms with Crippen LogP contribution in [0.4, 0.5) is 8.78 Å². The van der Waals surface area contributed by atoms with Crippen molar-refractivity contribution >= 4 is 16.9 Å². The van der Waals surface area contributed by atoms with Gasteiger partial charge < -0.3 is 19.3 Å². The van der Waals surface area contributed by atoms with Crippen molar-refractivity contribution in [3.8, 4) is 17.2 Å². The Bertz CT molecular complexity index is 1340. The van der Waals surface area contributed by atoms with Crippen LogP contribution in [-0.4, -0.2) is 22.7 Å². The van der Waals surface area contributed by atoms with Gasteiger partial charge in [0, 0.05) is 23.1 Å². The zero-order valence-corrected chi connectivity index (χ0v) is 18.3. The van der Waals surface area contributed by atoms with Crippen LogP contribution in [-0.2, 0) is 18.0 Å². The highest BCUT2D eigenvalue weighted by Gasteiger charge is 2.11. The molecule has 0 unspecified atom stereocenters. The molecule has 1 aromatic heterocycles. The molecule has 0 atom stereocenters. The van der Waals surface area contributed by atoms with Crippen molar-refractivity contribution in [2.24, 2.45) is 0 Å². The van der Waals surface area contributed by atoms with Gasteiger partial charge in [-0.3, -0.25) is 0 Å². The maximum absolute atomic E-state index is 14.0. The second-order valence-electron chi connectivity index (χ2n) is 7.56. The van der Waals surface area contributed by atoms with Gasteiger partial charge in [0.15, 0.2) is 12.4 Å². The van der Waals surface area contributed by atoms with Crippen LogP contribution in [0.25, 0.3) is 10.9 Å². The molecular weight excluding hydrogens is 444 g/mol. The van der Waals surface area contributed by atoms with Crippen LogP contribution in [0.1, 0.15) is 16.8 Å². The van der Waals surface area contributed by atoms with Gasteiger partial charge in [-0.2, -0.15) is 0 Å². The van der Waals surface area contributed by atoms with E-state index in [2.05, 4.69) is 4.98 Å². The van der Waals surface area contributed by atoms with E-state index in [1.54, 1.807) is 42.5 Å². The highest BCUT2D eigenvalue weighted by Crippen LogP contribution is 2.27. The standard InChI is InChI=1S/C26H21F2NO5/c1-16-4-2-5-18(26(16)34-15-24(30)31)13-32-21-6-3-7-22(12-21)33-14-20-9-8-17-10-19(27)11-23(28)25(17)29-20/h2-12H,13-15H2,1H3,(H,30,31). The first-order chi connectivity index (χ1) is 16.4. The summed E-state index contributed by atoms with van der Waals surface area (Å²) in [5, 5.41) is 9.27. The van der Waals surface area contributed by atoms with Gasteiger partial charge in [0.05, 0.1) is 5.69 Å². The molecule has 0 spiro atoms. The van der Waals surface area contributed by atoms with Crippen molar-refractivity contribution in [1.29, 1.82) is 0 Å². The fourth-order valence-corrected chi connectivity index (χ4v) is 3.42. The summed E-state index contributed by atoms with van der Waals surface area (Å²) in [4.78, 5) is 15.1. The van der Waals surface area contributed by atoms with Crippen LogP contribution in [0.2, 0.25) is 0 Å². The van der Waals surface area contributed by atoms with Gasteiger partial charge in [-0.1, -0.05) is 30.3 Å². The minimum absolute atomic E-state index is 0.0821. The number of nitrogens with zero attached hydrogens (tertiary/aromatic N) is 1. The Labute approximate surface area is 194 Å². The SMILES string of the molecule is Cc1cccc(COc2cccc(OCc3ccc4cc(F)cc(F)c4n3)c2)c1OCC(=O)O. The molecule has 0 aliphatic carbocycles. The van der Waals surface area contributed by atoms with Gasteiger partial charge in [0.2, 0.25) is 0 Å². The summed E-state index contributed by atoms with van der Waals surface area (Å²) in [5.74, 6) is -0.904. The quantitative estimate of drug-likeness (QED) is 0.355. The molecule has 4 rings (SSSR count). The smallest absolute Gasteiger partial charge is 0.341 e. The third-order valence-electron chi connectivity index (χ3n) is 4.99. The largest absolute Gasteiger partial charge is 0.489 e. The average Bonchev–Trinajstić information content (AvgIpc) is 2.81. The van der Waals surface area contributed by atoms with Crippen molar-refractivity contribution in [3.05, 3.63) is 95.2 Å². The van der Waals surface area contributed by atoms with Gasteiger partial charge in [-0.05, 0) is 36.8 Å². The maximum atomic E-state index is 14.0. The normalized spacial score (nSPS) is 10.8. The second kappa shape index (κ2) is 10.2. The highest BCUT2D eigenvalue weighted by molar-refractivity contribution is 5.79. The van der Waals surface area contributed by atoms with Gasteiger partial charge >= 0.3 is 5.97 Å².